The molecule has 0 spiro atoms. The highest BCUT2D eigenvalue weighted by Gasteiger charge is 2.62. The number of fused-ring (bicyclic) bond motifs is 2. The van der Waals surface area contributed by atoms with Crippen molar-refractivity contribution >= 4 is 36.5 Å². The molecule has 0 heterocycles. The van der Waals surface area contributed by atoms with Gasteiger partial charge in [0.05, 0.1) is 7.11 Å². The Morgan fingerprint density at radius 3 is 1.49 bits per heavy atom. The van der Waals surface area contributed by atoms with Crippen LogP contribution in [0.15, 0.2) is 48.6 Å². The summed E-state index contributed by atoms with van der Waals surface area (Å²) in [7, 11) is 1.33. The normalized spacial score (nSPS) is 18.5. The van der Waals surface area contributed by atoms with E-state index in [0.29, 0.717) is 41.2 Å². The summed E-state index contributed by atoms with van der Waals surface area (Å²) in [5.41, 5.74) is 2.07. The molecule has 0 aromatic heterocycles. The van der Waals surface area contributed by atoms with E-state index in [4.69, 9.17) is 14.6 Å². The maximum Gasteiger partial charge on any atom is 0.333 e. The maximum atomic E-state index is 11.6. The number of hydrogen-bond acceptors (Lipinski definition) is 9. The van der Waals surface area contributed by atoms with Crippen LogP contribution in [0.1, 0.15) is 160 Å². The molecule has 0 aromatic carbocycles. The first-order chi connectivity index (χ1) is 25.4. The van der Waals surface area contributed by atoms with Gasteiger partial charge >= 0.3 is 23.9 Å². The molecule has 2 rings (SSSR count). The molecule has 0 unspecified atom stereocenters. The number of esters is 3. The summed E-state index contributed by atoms with van der Waals surface area (Å²) >= 11 is 4.20. The van der Waals surface area contributed by atoms with Crippen LogP contribution in [0.4, 0.5) is 0 Å². The van der Waals surface area contributed by atoms with Gasteiger partial charge in [-0.1, -0.05) is 112 Å². The monoisotopic (exact) mass is 796 g/mol. The molecule has 2 fully saturated rings. The lowest BCUT2D eigenvalue weighted by atomic mass is 9.70. The van der Waals surface area contributed by atoms with E-state index in [0.717, 1.165) is 12.2 Å². The molecule has 2 bridgehead atoms. The number of carbonyl (C=O) groups excluding carboxylic acids is 3. The summed E-state index contributed by atoms with van der Waals surface area (Å²) < 4.78 is 14.8. The van der Waals surface area contributed by atoms with Crippen LogP contribution in [-0.4, -0.2) is 66.6 Å². The first-order valence-corrected chi connectivity index (χ1v) is 20.7. The van der Waals surface area contributed by atoms with Gasteiger partial charge < -0.3 is 24.6 Å². The van der Waals surface area contributed by atoms with Crippen molar-refractivity contribution in [2.45, 2.75) is 171 Å². The minimum Gasteiger partial charge on any atom is -0.478 e. The molecule has 9 nitrogen and oxygen atoms in total. The Morgan fingerprint density at radius 2 is 1.20 bits per heavy atom. The van der Waals surface area contributed by atoms with Crippen molar-refractivity contribution in [2.75, 3.05) is 26.0 Å². The van der Waals surface area contributed by atoms with Gasteiger partial charge in [-0.25, -0.2) is 19.2 Å². The van der Waals surface area contributed by atoms with Gasteiger partial charge in [-0.3, -0.25) is 0 Å². The standard InChI is InChI=1S/C14H22O2.C12H26S.C10H19NO2.C5H8O2.C4H6O2/c1-9(2)12(15)16-11-8-10-6-7-14(11,5)13(10,3)4;1-2-3-4-5-6-7-8-9-10-11-12-13;1-8(2)9(12)13-7-6-11-10(3,4)5;1-4(2)5(6)7-3;1-3(2)4(5)6/h10-11H,1,6-8H2,2-5H3;13H,2-12H2,1H3;11H,1,6-7H2,2-5H3;1H2,2-3H3;1H2,2H3,(H,5,6)/t10-,11+,14-;;;;/m1..../s1. The molecule has 0 amide bonds. The lowest BCUT2D eigenvalue weighted by molar-refractivity contribution is -0.152. The van der Waals surface area contributed by atoms with Crippen molar-refractivity contribution in [3.05, 3.63) is 48.6 Å². The molecule has 2 N–H and O–H groups in total. The summed E-state index contributed by atoms with van der Waals surface area (Å²) in [6, 6.07) is 0. The second-order valence-corrected chi connectivity index (χ2v) is 17.1. The van der Waals surface area contributed by atoms with Crippen molar-refractivity contribution in [3.63, 3.8) is 0 Å². The summed E-state index contributed by atoms with van der Waals surface area (Å²) in [4.78, 5) is 42.3. The smallest absolute Gasteiger partial charge is 0.333 e. The third kappa shape index (κ3) is 26.6. The van der Waals surface area contributed by atoms with Gasteiger partial charge in [-0.05, 0) is 91.2 Å². The Hall–Kier alpha value is -2.85. The minimum absolute atomic E-state index is 0.0651. The highest BCUT2D eigenvalue weighted by atomic mass is 32.1. The third-order valence-electron chi connectivity index (χ3n) is 10.1. The number of thiol groups is 1. The second kappa shape index (κ2) is 30.3. The Kier molecular flexibility index (Phi) is 31.1. The number of rotatable bonds is 18. The predicted octanol–water partition coefficient (Wildman–Crippen LogP) is 11.0. The quantitative estimate of drug-likeness (QED) is 0.0408. The fourth-order valence-electron chi connectivity index (χ4n) is 6.00. The van der Waals surface area contributed by atoms with E-state index in [1.807, 2.05) is 0 Å². The number of ether oxygens (including phenoxy) is 3. The molecule has 10 heteroatoms. The Balaban J connectivity index is -0.000000642. The zero-order chi connectivity index (χ0) is 43.4. The van der Waals surface area contributed by atoms with Crippen LogP contribution >= 0.6 is 12.6 Å². The van der Waals surface area contributed by atoms with Crippen LogP contribution in [0.25, 0.3) is 0 Å². The summed E-state index contributed by atoms with van der Waals surface area (Å²) in [5, 5.41) is 11.1. The summed E-state index contributed by atoms with van der Waals surface area (Å²) in [6.07, 6.45) is 17.8. The molecular formula is C45H81NO8S. The Bertz CT molecular complexity index is 1180. The van der Waals surface area contributed by atoms with Crippen molar-refractivity contribution in [1.82, 2.24) is 5.32 Å². The van der Waals surface area contributed by atoms with Crippen molar-refractivity contribution < 1.29 is 38.5 Å². The molecule has 2 saturated carbocycles. The van der Waals surface area contributed by atoms with Gasteiger partial charge in [0.2, 0.25) is 0 Å². The molecule has 2 aliphatic carbocycles. The number of carbonyl (C=O) groups is 4. The predicted molar refractivity (Wildman–Crippen MR) is 232 cm³/mol. The number of hydrogen-bond donors (Lipinski definition) is 3. The minimum atomic E-state index is -0.935. The number of nitrogens with one attached hydrogen (secondary N) is 1. The molecule has 0 radical (unpaired) electrons. The summed E-state index contributed by atoms with van der Waals surface area (Å²) in [5.74, 6) is -0.0584. The third-order valence-corrected chi connectivity index (χ3v) is 10.4. The van der Waals surface area contributed by atoms with E-state index >= 15 is 0 Å². The van der Waals surface area contributed by atoms with E-state index in [1.54, 1.807) is 20.8 Å². The van der Waals surface area contributed by atoms with Crippen molar-refractivity contribution in [2.24, 2.45) is 16.7 Å². The van der Waals surface area contributed by atoms with Gasteiger partial charge in [-0.15, -0.1) is 0 Å². The lowest BCUT2D eigenvalue weighted by Crippen LogP contribution is -2.38. The van der Waals surface area contributed by atoms with Crippen LogP contribution < -0.4 is 5.32 Å². The van der Waals surface area contributed by atoms with Crippen LogP contribution in [0.2, 0.25) is 0 Å². The summed E-state index contributed by atoms with van der Waals surface area (Å²) in [6.45, 7) is 36.5. The van der Waals surface area contributed by atoms with Gasteiger partial charge in [0.1, 0.15) is 12.7 Å². The topological polar surface area (TPSA) is 128 Å². The van der Waals surface area contributed by atoms with Gasteiger partial charge in [-0.2, -0.15) is 12.6 Å². The average Bonchev–Trinajstić information content (AvgIpc) is 3.43. The maximum absolute atomic E-state index is 11.6. The van der Waals surface area contributed by atoms with E-state index < -0.39 is 5.97 Å². The molecule has 3 atom stereocenters. The number of aliphatic carboxylic acids is 1. The highest BCUT2D eigenvalue weighted by molar-refractivity contribution is 7.80. The highest BCUT2D eigenvalue weighted by Crippen LogP contribution is 2.66. The van der Waals surface area contributed by atoms with Gasteiger partial charge in [0.25, 0.3) is 0 Å². The lowest BCUT2D eigenvalue weighted by Gasteiger charge is -2.38. The van der Waals surface area contributed by atoms with Crippen LogP contribution in [0, 0.1) is 16.7 Å². The molecule has 0 aliphatic heterocycles. The fourth-order valence-corrected chi connectivity index (χ4v) is 6.23. The molecular weight excluding hydrogens is 715 g/mol. The van der Waals surface area contributed by atoms with Crippen LogP contribution in [0.5, 0.6) is 0 Å². The molecule has 0 saturated heterocycles. The first-order valence-electron chi connectivity index (χ1n) is 20.0. The zero-order valence-electron chi connectivity index (χ0n) is 37.0. The van der Waals surface area contributed by atoms with Crippen molar-refractivity contribution in [1.29, 1.82) is 0 Å². The average molecular weight is 796 g/mol. The zero-order valence-corrected chi connectivity index (χ0v) is 37.9. The molecule has 0 aromatic rings. The van der Waals surface area contributed by atoms with Crippen LogP contribution in [0.3, 0.4) is 0 Å². The van der Waals surface area contributed by atoms with Crippen LogP contribution in [-0.2, 0) is 33.4 Å². The number of methoxy groups -OCH3 is 1. The molecule has 320 valence electrons. The number of carboxylic acid groups (broad SMARTS) is 1. The van der Waals surface area contributed by atoms with E-state index in [-0.39, 0.29) is 40.5 Å². The Labute approximate surface area is 342 Å². The number of unbranched alkanes of at least 4 members (excludes halogenated alkanes) is 9. The Morgan fingerprint density at radius 1 is 0.764 bits per heavy atom. The SMILES string of the molecule is C=C(C)C(=O)O.C=C(C)C(=O)OC.C=C(C)C(=O)OCCNC(C)(C)C.C=C(C)C(=O)O[C@H]1C[C@H]2CC[C@@]1(C)C2(C)C.CCCCCCCCCCCCS. The first kappa shape index (κ1) is 56.5. The molecule has 2 aliphatic rings. The van der Waals surface area contributed by atoms with Gasteiger partial charge in [0.15, 0.2) is 0 Å². The molecule has 55 heavy (non-hydrogen) atoms. The van der Waals surface area contributed by atoms with E-state index in [1.165, 1.54) is 91.1 Å². The largest absolute Gasteiger partial charge is 0.478 e. The van der Waals surface area contributed by atoms with E-state index in [9.17, 15) is 19.2 Å². The number of carboxylic acids is 1. The van der Waals surface area contributed by atoms with Crippen molar-refractivity contribution in [3.8, 4) is 0 Å². The van der Waals surface area contributed by atoms with Gasteiger partial charge in [0, 0.05) is 39.8 Å². The second-order valence-electron chi connectivity index (χ2n) is 16.6. The fraction of sp³-hybridized carbons (Fsp3) is 0.733. The van der Waals surface area contributed by atoms with E-state index in [2.05, 4.69) is 97.5 Å².